The Morgan fingerprint density at radius 3 is 2.55 bits per heavy atom. The molecule has 1 saturated heterocycles. The number of hydrogen-bond donors (Lipinski definition) is 0. The van der Waals surface area contributed by atoms with Crippen molar-refractivity contribution in [1.82, 2.24) is 14.7 Å². The van der Waals surface area contributed by atoms with E-state index in [-0.39, 0.29) is 35.2 Å². The van der Waals surface area contributed by atoms with Gasteiger partial charge in [0.25, 0.3) is 0 Å². The summed E-state index contributed by atoms with van der Waals surface area (Å²) in [4.78, 5) is 30.6. The summed E-state index contributed by atoms with van der Waals surface area (Å²) >= 11 is 1.43. The standard InChI is InChI=1S/C31H29FN4O3S/c1-21-7-5-12-25(17-21)36-31-28(29(33-36)22-8-3-2-4-9-22)30(23-10-6-11-24(32)18-23)40-20-27(38)35(31)19-26(37)34-13-15-39-16-14-34/h2-12,17-18,30H,13-16,19-20H2,1H3. The number of ether oxygens (including phenoxy) is 1. The zero-order valence-electron chi connectivity index (χ0n) is 22.1. The first-order valence-electron chi connectivity index (χ1n) is 13.3. The number of aryl methyl sites for hydroxylation is 1. The van der Waals surface area contributed by atoms with Crippen LogP contribution in [0.1, 0.15) is 21.9 Å². The summed E-state index contributed by atoms with van der Waals surface area (Å²) in [6.07, 6.45) is 0. The minimum Gasteiger partial charge on any atom is -0.378 e. The van der Waals surface area contributed by atoms with Gasteiger partial charge in [-0.3, -0.25) is 14.5 Å². The lowest BCUT2D eigenvalue weighted by atomic mass is 9.99. The van der Waals surface area contributed by atoms with E-state index in [0.29, 0.717) is 37.8 Å². The van der Waals surface area contributed by atoms with Crippen molar-refractivity contribution in [3.8, 4) is 16.9 Å². The van der Waals surface area contributed by atoms with Gasteiger partial charge in [0.1, 0.15) is 18.2 Å². The maximum absolute atomic E-state index is 14.5. The Labute approximate surface area is 236 Å². The van der Waals surface area contributed by atoms with Crippen molar-refractivity contribution in [2.24, 2.45) is 0 Å². The van der Waals surface area contributed by atoms with Crippen molar-refractivity contribution in [3.63, 3.8) is 0 Å². The Hall–Kier alpha value is -3.95. The van der Waals surface area contributed by atoms with Crippen molar-refractivity contribution < 1.29 is 18.7 Å². The highest BCUT2D eigenvalue weighted by molar-refractivity contribution is 8.00. The van der Waals surface area contributed by atoms with Crippen molar-refractivity contribution in [2.45, 2.75) is 12.2 Å². The van der Waals surface area contributed by atoms with Crippen LogP contribution in [0.5, 0.6) is 0 Å². The van der Waals surface area contributed by atoms with Crippen LogP contribution in [0.3, 0.4) is 0 Å². The zero-order chi connectivity index (χ0) is 27.6. The normalized spacial score (nSPS) is 17.4. The van der Waals surface area contributed by atoms with E-state index in [4.69, 9.17) is 9.84 Å². The average molecular weight is 557 g/mol. The van der Waals surface area contributed by atoms with Crippen LogP contribution in [-0.4, -0.2) is 65.1 Å². The van der Waals surface area contributed by atoms with Gasteiger partial charge in [-0.15, -0.1) is 11.8 Å². The van der Waals surface area contributed by atoms with Gasteiger partial charge in [0.05, 0.1) is 35.6 Å². The molecule has 2 aliphatic heterocycles. The van der Waals surface area contributed by atoms with Crippen LogP contribution in [0.15, 0.2) is 78.9 Å². The molecule has 3 heterocycles. The maximum atomic E-state index is 14.5. The number of anilines is 1. The minimum atomic E-state index is -0.382. The molecule has 0 spiro atoms. The molecule has 1 atom stereocenters. The molecule has 0 aliphatic carbocycles. The molecule has 9 heteroatoms. The quantitative estimate of drug-likeness (QED) is 0.346. The van der Waals surface area contributed by atoms with E-state index in [1.54, 1.807) is 20.5 Å². The number of benzene rings is 3. The molecule has 1 aromatic heterocycles. The number of carbonyl (C=O) groups is 2. The van der Waals surface area contributed by atoms with E-state index in [1.807, 2.05) is 67.6 Å². The fraction of sp³-hybridized carbons (Fsp3) is 0.258. The van der Waals surface area contributed by atoms with Gasteiger partial charge >= 0.3 is 0 Å². The van der Waals surface area contributed by atoms with E-state index in [0.717, 1.165) is 27.9 Å². The number of fused-ring (bicyclic) bond motifs is 1. The van der Waals surface area contributed by atoms with Crippen molar-refractivity contribution in [1.29, 1.82) is 0 Å². The molecule has 40 heavy (non-hydrogen) atoms. The summed E-state index contributed by atoms with van der Waals surface area (Å²) in [6.45, 7) is 3.80. The third kappa shape index (κ3) is 5.14. The van der Waals surface area contributed by atoms with E-state index in [2.05, 4.69) is 0 Å². The molecule has 0 N–H and O–H groups in total. The van der Waals surface area contributed by atoms with Gasteiger partial charge in [-0.1, -0.05) is 54.6 Å². The highest BCUT2D eigenvalue weighted by Crippen LogP contribution is 2.48. The average Bonchev–Trinajstić information content (AvgIpc) is 3.30. The van der Waals surface area contributed by atoms with Crippen LogP contribution >= 0.6 is 11.8 Å². The minimum absolute atomic E-state index is 0.117. The summed E-state index contributed by atoms with van der Waals surface area (Å²) < 4.78 is 21.7. The molecule has 0 radical (unpaired) electrons. The lowest BCUT2D eigenvalue weighted by molar-refractivity contribution is -0.134. The molecule has 7 nitrogen and oxygen atoms in total. The molecule has 1 unspecified atom stereocenters. The SMILES string of the molecule is Cc1cccc(-n2nc(-c3ccccc3)c3c2N(CC(=O)N2CCOCC2)C(=O)CSC3c2cccc(F)c2)c1. The molecule has 3 aromatic carbocycles. The largest absolute Gasteiger partial charge is 0.378 e. The van der Waals surface area contributed by atoms with Crippen LogP contribution in [0.25, 0.3) is 16.9 Å². The third-order valence-electron chi connectivity index (χ3n) is 7.19. The van der Waals surface area contributed by atoms with Gasteiger partial charge in [-0.2, -0.15) is 5.10 Å². The van der Waals surface area contributed by atoms with Crippen molar-refractivity contribution in [3.05, 3.63) is 101 Å². The van der Waals surface area contributed by atoms with Crippen LogP contribution in [0, 0.1) is 12.7 Å². The topological polar surface area (TPSA) is 67.7 Å². The number of amides is 2. The highest BCUT2D eigenvalue weighted by Gasteiger charge is 2.38. The van der Waals surface area contributed by atoms with Gasteiger partial charge in [-0.25, -0.2) is 9.07 Å². The predicted octanol–water partition coefficient (Wildman–Crippen LogP) is 5.01. The summed E-state index contributed by atoms with van der Waals surface area (Å²) in [5, 5.41) is 4.71. The Morgan fingerprint density at radius 2 is 1.80 bits per heavy atom. The van der Waals surface area contributed by atoms with Crippen LogP contribution in [0.4, 0.5) is 10.2 Å². The van der Waals surface area contributed by atoms with E-state index in [9.17, 15) is 14.0 Å². The number of morpholine rings is 1. The fourth-order valence-electron chi connectivity index (χ4n) is 5.25. The maximum Gasteiger partial charge on any atom is 0.242 e. The lowest BCUT2D eigenvalue weighted by Crippen LogP contribution is -2.48. The monoisotopic (exact) mass is 556 g/mol. The van der Waals surface area contributed by atoms with Gasteiger partial charge in [0, 0.05) is 24.2 Å². The Morgan fingerprint density at radius 1 is 1.02 bits per heavy atom. The fourth-order valence-corrected chi connectivity index (χ4v) is 6.44. The van der Waals surface area contributed by atoms with Crippen LogP contribution in [0.2, 0.25) is 0 Å². The van der Waals surface area contributed by atoms with Gasteiger partial charge in [0.15, 0.2) is 0 Å². The second-order valence-electron chi connectivity index (χ2n) is 9.92. The molecule has 1 fully saturated rings. The van der Waals surface area contributed by atoms with Gasteiger partial charge < -0.3 is 9.64 Å². The second kappa shape index (κ2) is 11.3. The number of thioether (sulfide) groups is 1. The number of halogens is 1. The summed E-state index contributed by atoms with van der Waals surface area (Å²) in [5.74, 6) is -0.0126. The van der Waals surface area contributed by atoms with E-state index < -0.39 is 0 Å². The molecule has 6 rings (SSSR count). The number of hydrogen-bond acceptors (Lipinski definition) is 5. The number of nitrogens with zero attached hydrogens (tertiary/aromatic N) is 4. The summed E-state index contributed by atoms with van der Waals surface area (Å²) in [7, 11) is 0. The smallest absolute Gasteiger partial charge is 0.242 e. The Kier molecular flexibility index (Phi) is 7.40. The van der Waals surface area contributed by atoms with E-state index in [1.165, 1.54) is 23.9 Å². The van der Waals surface area contributed by atoms with Crippen molar-refractivity contribution >= 4 is 29.4 Å². The molecule has 2 amide bonds. The number of aromatic nitrogens is 2. The predicted molar refractivity (Wildman–Crippen MR) is 154 cm³/mol. The van der Waals surface area contributed by atoms with Crippen LogP contribution < -0.4 is 4.90 Å². The van der Waals surface area contributed by atoms with E-state index >= 15 is 0 Å². The number of carbonyl (C=O) groups excluding carboxylic acids is 2. The van der Waals surface area contributed by atoms with Gasteiger partial charge in [0.2, 0.25) is 11.8 Å². The second-order valence-corrected chi connectivity index (χ2v) is 11.0. The first-order valence-corrected chi connectivity index (χ1v) is 14.3. The molecule has 4 aromatic rings. The Bertz CT molecular complexity index is 1550. The molecular weight excluding hydrogens is 527 g/mol. The first-order chi connectivity index (χ1) is 19.5. The summed E-state index contributed by atoms with van der Waals surface area (Å²) in [5.41, 5.74) is 4.90. The number of rotatable bonds is 5. The van der Waals surface area contributed by atoms with Crippen molar-refractivity contribution in [2.75, 3.05) is 43.5 Å². The molecule has 2 aliphatic rings. The van der Waals surface area contributed by atoms with Crippen LogP contribution in [-0.2, 0) is 14.3 Å². The Balaban J connectivity index is 1.59. The third-order valence-corrected chi connectivity index (χ3v) is 8.45. The van der Waals surface area contributed by atoms with Gasteiger partial charge in [-0.05, 0) is 42.3 Å². The zero-order valence-corrected chi connectivity index (χ0v) is 22.9. The first kappa shape index (κ1) is 26.3. The lowest BCUT2D eigenvalue weighted by Gasteiger charge is -2.30. The molecule has 204 valence electrons. The highest BCUT2D eigenvalue weighted by atomic mass is 32.2. The molecule has 0 bridgehead atoms. The summed E-state index contributed by atoms with van der Waals surface area (Å²) in [6, 6.07) is 24.2. The molecular formula is C31H29FN4O3S. The molecule has 0 saturated carbocycles.